The van der Waals surface area contributed by atoms with Crippen LogP contribution in [0.25, 0.3) is 0 Å². The number of Topliss-reactive ketones (excluding diaryl/α,β-unsaturated/α-hetero) is 1. The largest absolute Gasteiger partial charge is 0.293 e. The minimum absolute atomic E-state index is 0.177. The third kappa shape index (κ3) is 1.12. The van der Waals surface area contributed by atoms with Gasteiger partial charge in [0.25, 0.3) is 0 Å². The fraction of sp³-hybridized carbons (Fsp3) is 0.375. The van der Waals surface area contributed by atoms with Crippen molar-refractivity contribution in [2.45, 2.75) is 13.3 Å². The van der Waals surface area contributed by atoms with E-state index >= 15 is 0 Å². The van der Waals surface area contributed by atoms with E-state index in [1.54, 1.807) is 0 Å². The minimum Gasteiger partial charge on any atom is -0.293 e. The van der Waals surface area contributed by atoms with E-state index in [-0.39, 0.29) is 5.92 Å². The predicted octanol–water partition coefficient (Wildman–Crippen LogP) is 3.65. The maximum atomic E-state index is 11.5. The van der Waals surface area contributed by atoms with Gasteiger partial charge in [0.2, 0.25) is 0 Å². The fourth-order valence-electron chi connectivity index (χ4n) is 1.42. The van der Waals surface area contributed by atoms with Crippen LogP contribution < -0.4 is 0 Å². The van der Waals surface area contributed by atoms with Gasteiger partial charge in [0.15, 0.2) is 5.78 Å². The Hall–Kier alpha value is 0.330. The molecule has 0 saturated heterocycles. The van der Waals surface area contributed by atoms with Crippen LogP contribution >= 0.6 is 43.2 Å². The number of rotatable bonds is 0. The van der Waals surface area contributed by atoms with E-state index in [2.05, 4.69) is 31.9 Å². The van der Waals surface area contributed by atoms with E-state index in [1.165, 1.54) is 16.9 Å². The zero-order valence-corrected chi connectivity index (χ0v) is 10.3. The lowest BCUT2D eigenvalue weighted by atomic mass is 10.1. The van der Waals surface area contributed by atoms with Crippen LogP contribution in [0.5, 0.6) is 0 Å². The van der Waals surface area contributed by atoms with Crippen LogP contribution in [0.3, 0.4) is 0 Å². The first-order valence-electron chi connectivity index (χ1n) is 3.62. The van der Waals surface area contributed by atoms with Crippen LogP contribution in [0.2, 0.25) is 0 Å². The van der Waals surface area contributed by atoms with Crippen LogP contribution in [-0.2, 0) is 6.42 Å². The summed E-state index contributed by atoms with van der Waals surface area (Å²) in [4.78, 5) is 12.5. The number of ketones is 1. The number of halogens is 2. The molecule has 0 aliphatic heterocycles. The van der Waals surface area contributed by atoms with E-state index in [9.17, 15) is 4.79 Å². The van der Waals surface area contributed by atoms with Gasteiger partial charge >= 0.3 is 0 Å². The van der Waals surface area contributed by atoms with Crippen molar-refractivity contribution in [3.8, 4) is 0 Å². The monoisotopic (exact) mass is 308 g/mol. The second kappa shape index (κ2) is 2.93. The third-order valence-electron chi connectivity index (χ3n) is 2.08. The topological polar surface area (TPSA) is 17.1 Å². The zero-order valence-electron chi connectivity index (χ0n) is 6.36. The molecule has 1 atom stereocenters. The van der Waals surface area contributed by atoms with Gasteiger partial charge in [0.05, 0.1) is 8.66 Å². The Morgan fingerprint density at radius 3 is 2.75 bits per heavy atom. The number of hydrogen-bond donors (Lipinski definition) is 0. The molecule has 0 spiro atoms. The van der Waals surface area contributed by atoms with Gasteiger partial charge in [0.1, 0.15) is 0 Å². The molecule has 2 rings (SSSR count). The maximum Gasteiger partial charge on any atom is 0.176 e. The molecule has 1 aromatic rings. The average molecular weight is 310 g/mol. The van der Waals surface area contributed by atoms with Crippen molar-refractivity contribution < 1.29 is 4.79 Å². The van der Waals surface area contributed by atoms with E-state index < -0.39 is 0 Å². The normalized spacial score (nSPS) is 21.6. The lowest BCUT2D eigenvalue weighted by Gasteiger charge is -1.96. The smallest absolute Gasteiger partial charge is 0.176 e. The van der Waals surface area contributed by atoms with Crippen molar-refractivity contribution in [2.75, 3.05) is 0 Å². The Labute approximate surface area is 91.4 Å². The minimum atomic E-state index is 0.177. The highest BCUT2D eigenvalue weighted by Crippen LogP contribution is 2.43. The first kappa shape index (κ1) is 8.91. The number of hydrogen-bond acceptors (Lipinski definition) is 2. The molecule has 64 valence electrons. The van der Waals surface area contributed by atoms with Crippen molar-refractivity contribution in [2.24, 2.45) is 5.92 Å². The molecular formula is C8H6Br2OS. The van der Waals surface area contributed by atoms with Crippen LogP contribution in [0.15, 0.2) is 8.26 Å². The van der Waals surface area contributed by atoms with Gasteiger partial charge in [-0.2, -0.15) is 0 Å². The first-order chi connectivity index (χ1) is 5.61. The Morgan fingerprint density at radius 1 is 1.50 bits per heavy atom. The van der Waals surface area contributed by atoms with E-state index in [1.807, 2.05) is 6.92 Å². The summed E-state index contributed by atoms with van der Waals surface area (Å²) in [7, 11) is 0. The second-order valence-corrected chi connectivity index (χ2v) is 6.10. The maximum absolute atomic E-state index is 11.5. The molecule has 4 heteroatoms. The van der Waals surface area contributed by atoms with Crippen molar-refractivity contribution in [1.82, 2.24) is 0 Å². The Balaban J connectivity index is 2.59. The quantitative estimate of drug-likeness (QED) is 0.715. The van der Waals surface area contributed by atoms with Gasteiger partial charge in [-0.3, -0.25) is 4.79 Å². The van der Waals surface area contributed by atoms with Crippen LogP contribution in [0.1, 0.15) is 22.2 Å². The molecule has 0 saturated carbocycles. The standard InChI is InChI=1S/C8H6Br2OS/c1-3-2-4-5(9)8(10)12-7(4)6(3)11/h3H,2H2,1H3. The summed E-state index contributed by atoms with van der Waals surface area (Å²) in [6.45, 7) is 1.98. The number of carbonyl (C=O) groups excluding carboxylic acids is 1. The molecule has 12 heavy (non-hydrogen) atoms. The summed E-state index contributed by atoms with van der Waals surface area (Å²) in [6.07, 6.45) is 0.886. The van der Waals surface area contributed by atoms with Crippen molar-refractivity contribution in [3.05, 3.63) is 18.7 Å². The average Bonchev–Trinajstić information content (AvgIpc) is 2.43. The Kier molecular flexibility index (Phi) is 2.17. The molecule has 0 aromatic carbocycles. The molecule has 1 nitrogen and oxygen atoms in total. The molecule has 1 aliphatic rings. The highest BCUT2D eigenvalue weighted by molar-refractivity contribution is 9.13. The fourth-order valence-corrected chi connectivity index (χ4v) is 3.88. The predicted molar refractivity (Wildman–Crippen MR) is 56.9 cm³/mol. The lowest BCUT2D eigenvalue weighted by molar-refractivity contribution is 0.0949. The van der Waals surface area contributed by atoms with E-state index in [4.69, 9.17) is 0 Å². The summed E-state index contributed by atoms with van der Waals surface area (Å²) < 4.78 is 2.10. The summed E-state index contributed by atoms with van der Waals surface area (Å²) in [5, 5.41) is 0. The molecule has 0 amide bonds. The molecule has 0 bridgehead atoms. The molecule has 0 N–H and O–H groups in total. The molecule has 0 radical (unpaired) electrons. The summed E-state index contributed by atoms with van der Waals surface area (Å²) in [6, 6.07) is 0. The van der Waals surface area contributed by atoms with Crippen LogP contribution in [0, 0.1) is 5.92 Å². The summed E-state index contributed by atoms with van der Waals surface area (Å²) >= 11 is 8.41. The lowest BCUT2D eigenvalue weighted by Crippen LogP contribution is -2.02. The Morgan fingerprint density at radius 2 is 2.17 bits per heavy atom. The summed E-state index contributed by atoms with van der Waals surface area (Å²) in [5.41, 5.74) is 1.18. The van der Waals surface area contributed by atoms with E-state index in [0.717, 1.165) is 19.6 Å². The van der Waals surface area contributed by atoms with Gasteiger partial charge in [0, 0.05) is 10.4 Å². The van der Waals surface area contributed by atoms with Gasteiger partial charge in [-0.05, 0) is 43.8 Å². The number of carbonyl (C=O) groups is 1. The highest BCUT2D eigenvalue weighted by atomic mass is 79.9. The SMILES string of the molecule is CC1Cc2c(sc(Br)c2Br)C1=O. The highest BCUT2D eigenvalue weighted by Gasteiger charge is 2.31. The van der Waals surface area contributed by atoms with Gasteiger partial charge in [-0.1, -0.05) is 6.92 Å². The molecular weight excluding hydrogens is 304 g/mol. The molecule has 1 unspecified atom stereocenters. The number of fused-ring (bicyclic) bond motifs is 1. The van der Waals surface area contributed by atoms with Crippen LogP contribution in [0.4, 0.5) is 0 Å². The van der Waals surface area contributed by atoms with Crippen molar-refractivity contribution in [1.29, 1.82) is 0 Å². The van der Waals surface area contributed by atoms with E-state index in [0.29, 0.717) is 5.78 Å². The van der Waals surface area contributed by atoms with Crippen LogP contribution in [-0.4, -0.2) is 5.78 Å². The zero-order chi connectivity index (χ0) is 8.88. The van der Waals surface area contributed by atoms with Gasteiger partial charge in [-0.25, -0.2) is 0 Å². The van der Waals surface area contributed by atoms with Gasteiger partial charge < -0.3 is 0 Å². The molecule has 1 aliphatic carbocycles. The third-order valence-corrected chi connectivity index (χ3v) is 5.67. The molecule has 1 aromatic heterocycles. The van der Waals surface area contributed by atoms with Crippen molar-refractivity contribution >= 4 is 49.0 Å². The first-order valence-corrected chi connectivity index (χ1v) is 6.02. The van der Waals surface area contributed by atoms with Gasteiger partial charge in [-0.15, -0.1) is 11.3 Å². The summed E-state index contributed by atoms with van der Waals surface area (Å²) in [5.74, 6) is 0.469. The molecule has 1 heterocycles. The second-order valence-electron chi connectivity index (χ2n) is 2.97. The number of thiophene rings is 1. The van der Waals surface area contributed by atoms with Crippen molar-refractivity contribution in [3.63, 3.8) is 0 Å². The molecule has 0 fully saturated rings. The Bertz CT molecular complexity index is 356.